The summed E-state index contributed by atoms with van der Waals surface area (Å²) < 4.78 is 2.20. The lowest BCUT2D eigenvalue weighted by Crippen LogP contribution is -2.18. The monoisotopic (exact) mass is 434 g/mol. The molecule has 0 unspecified atom stereocenters. The fourth-order valence-electron chi connectivity index (χ4n) is 3.61. The van der Waals surface area contributed by atoms with Crippen LogP contribution in [0.1, 0.15) is 58.2 Å². The summed E-state index contributed by atoms with van der Waals surface area (Å²) in [6.07, 6.45) is 1.90. The molecule has 164 valence electrons. The van der Waals surface area contributed by atoms with E-state index in [-0.39, 0.29) is 10.8 Å². The zero-order valence-electron chi connectivity index (χ0n) is 19.8. The van der Waals surface area contributed by atoms with Gasteiger partial charge >= 0.3 is 0 Å². The van der Waals surface area contributed by atoms with Crippen molar-refractivity contribution in [3.8, 4) is 17.0 Å². The number of aromatic nitrogens is 1. The summed E-state index contributed by atoms with van der Waals surface area (Å²) in [6, 6.07) is 12.5. The molecule has 4 heteroatoms. The number of allylic oxidation sites excluding steroid dienone is 1. The number of hydrogen-bond donors (Lipinski definition) is 1. The number of phenols is 1. The summed E-state index contributed by atoms with van der Waals surface area (Å²) in [4.78, 5) is 5.82. The Morgan fingerprint density at radius 2 is 1.55 bits per heavy atom. The third-order valence-electron chi connectivity index (χ3n) is 5.39. The van der Waals surface area contributed by atoms with Crippen LogP contribution in [-0.4, -0.2) is 9.67 Å². The minimum absolute atomic E-state index is 0.172. The van der Waals surface area contributed by atoms with Gasteiger partial charge in [-0.3, -0.25) is 0 Å². The van der Waals surface area contributed by atoms with E-state index in [0.717, 1.165) is 32.9 Å². The van der Waals surface area contributed by atoms with E-state index in [2.05, 4.69) is 89.3 Å². The van der Waals surface area contributed by atoms with E-state index < -0.39 is 0 Å². The van der Waals surface area contributed by atoms with Gasteiger partial charge in [-0.25, -0.2) is 4.99 Å². The van der Waals surface area contributed by atoms with Gasteiger partial charge in [0.25, 0.3) is 0 Å². The standard InChI is InChI=1S/C27H34N2OS/c1-9-14-29-23(17-31-25(29)28-20-12-10-18(2)11-13-20)19-15-21(26(3,4)5)24(30)22(16-19)27(6,7)8/h9-13,15-17,30H,1,14H2,2-8H3. The van der Waals surface area contributed by atoms with Gasteiger partial charge in [0.15, 0.2) is 4.80 Å². The number of aromatic hydroxyl groups is 1. The van der Waals surface area contributed by atoms with Gasteiger partial charge in [-0.1, -0.05) is 65.3 Å². The van der Waals surface area contributed by atoms with Gasteiger partial charge < -0.3 is 9.67 Å². The molecule has 0 amide bonds. The third kappa shape index (κ3) is 5.01. The molecule has 0 saturated heterocycles. The molecular formula is C27H34N2OS. The molecule has 2 aromatic carbocycles. The molecule has 0 spiro atoms. The number of thiazole rings is 1. The van der Waals surface area contributed by atoms with Crippen LogP contribution in [-0.2, 0) is 17.4 Å². The zero-order chi connectivity index (χ0) is 23.0. The number of nitrogens with zero attached hydrogens (tertiary/aromatic N) is 2. The Hall–Kier alpha value is -2.59. The van der Waals surface area contributed by atoms with Crippen molar-refractivity contribution in [3.63, 3.8) is 0 Å². The Kier molecular flexibility index (Phi) is 6.33. The Morgan fingerprint density at radius 3 is 2.03 bits per heavy atom. The fraction of sp³-hybridized carbons (Fsp3) is 0.370. The van der Waals surface area contributed by atoms with Crippen molar-refractivity contribution in [2.24, 2.45) is 4.99 Å². The highest BCUT2D eigenvalue weighted by Gasteiger charge is 2.27. The second kappa shape index (κ2) is 8.51. The Labute approximate surface area is 190 Å². The molecule has 0 radical (unpaired) electrons. The van der Waals surface area contributed by atoms with E-state index in [1.54, 1.807) is 11.3 Å². The Morgan fingerprint density at radius 1 is 1.00 bits per heavy atom. The number of rotatable bonds is 4. The molecule has 0 aliphatic heterocycles. The fourth-order valence-corrected chi connectivity index (χ4v) is 4.55. The Balaban J connectivity index is 2.26. The molecule has 1 aromatic heterocycles. The van der Waals surface area contributed by atoms with Gasteiger partial charge in [0.2, 0.25) is 0 Å². The van der Waals surface area contributed by atoms with Crippen molar-refractivity contribution in [1.29, 1.82) is 0 Å². The molecule has 0 aliphatic rings. The highest BCUT2D eigenvalue weighted by atomic mass is 32.1. The molecule has 1 heterocycles. The van der Waals surface area contributed by atoms with Crippen LogP contribution in [0.15, 0.2) is 59.4 Å². The largest absolute Gasteiger partial charge is 0.507 e. The molecule has 31 heavy (non-hydrogen) atoms. The molecule has 3 aromatic rings. The molecule has 0 saturated carbocycles. The van der Waals surface area contributed by atoms with Gasteiger partial charge in [0.1, 0.15) is 5.75 Å². The molecule has 0 atom stereocenters. The second-order valence-corrected chi connectivity index (χ2v) is 11.0. The first-order valence-corrected chi connectivity index (χ1v) is 11.6. The van der Waals surface area contributed by atoms with Crippen molar-refractivity contribution in [2.75, 3.05) is 0 Å². The molecule has 0 fully saturated rings. The lowest BCUT2D eigenvalue weighted by Gasteiger charge is -2.28. The van der Waals surface area contributed by atoms with Gasteiger partial charge in [-0.15, -0.1) is 17.9 Å². The van der Waals surface area contributed by atoms with Gasteiger partial charge in [-0.05, 0) is 47.6 Å². The number of benzene rings is 2. The maximum absolute atomic E-state index is 11.1. The quantitative estimate of drug-likeness (QED) is 0.432. The van der Waals surface area contributed by atoms with Gasteiger partial charge in [0.05, 0.1) is 11.4 Å². The van der Waals surface area contributed by atoms with E-state index >= 15 is 0 Å². The number of aryl methyl sites for hydroxylation is 1. The highest BCUT2D eigenvalue weighted by Crippen LogP contribution is 2.42. The predicted octanol–water partition coefficient (Wildman–Crippen LogP) is 7.24. The van der Waals surface area contributed by atoms with Crippen molar-refractivity contribution in [1.82, 2.24) is 4.57 Å². The lowest BCUT2D eigenvalue weighted by atomic mass is 9.78. The lowest BCUT2D eigenvalue weighted by molar-refractivity contribution is 0.423. The summed E-state index contributed by atoms with van der Waals surface area (Å²) in [5, 5.41) is 13.2. The van der Waals surface area contributed by atoms with Crippen molar-refractivity contribution in [3.05, 3.63) is 75.9 Å². The first-order valence-electron chi connectivity index (χ1n) is 10.7. The van der Waals surface area contributed by atoms with E-state index in [9.17, 15) is 5.11 Å². The minimum Gasteiger partial charge on any atom is -0.507 e. The van der Waals surface area contributed by atoms with E-state index in [4.69, 9.17) is 4.99 Å². The van der Waals surface area contributed by atoms with Crippen molar-refractivity contribution in [2.45, 2.75) is 65.8 Å². The van der Waals surface area contributed by atoms with E-state index in [1.807, 2.05) is 18.2 Å². The average Bonchev–Trinajstić information content (AvgIpc) is 3.05. The number of hydrogen-bond acceptors (Lipinski definition) is 3. The molecule has 0 aliphatic carbocycles. The second-order valence-electron chi connectivity index (χ2n) is 10.2. The molecule has 1 N–H and O–H groups in total. The maximum Gasteiger partial charge on any atom is 0.190 e. The molecule has 3 rings (SSSR count). The van der Waals surface area contributed by atoms with Gasteiger partial charge in [0, 0.05) is 23.1 Å². The predicted molar refractivity (Wildman–Crippen MR) is 133 cm³/mol. The van der Waals surface area contributed by atoms with Crippen LogP contribution >= 0.6 is 11.3 Å². The summed E-state index contributed by atoms with van der Waals surface area (Å²) in [7, 11) is 0. The summed E-state index contributed by atoms with van der Waals surface area (Å²) >= 11 is 1.63. The van der Waals surface area contributed by atoms with E-state index in [1.165, 1.54) is 5.56 Å². The SMILES string of the molecule is C=CCn1c(-c2cc(C(C)(C)C)c(O)c(C(C)(C)C)c2)csc1=Nc1ccc(C)cc1. The van der Waals surface area contributed by atoms with Crippen LogP contribution in [0, 0.1) is 6.92 Å². The minimum atomic E-state index is -0.172. The summed E-state index contributed by atoms with van der Waals surface area (Å²) in [6.45, 7) is 19.5. The first kappa shape index (κ1) is 23.1. The van der Waals surface area contributed by atoms with Crippen molar-refractivity contribution < 1.29 is 5.11 Å². The van der Waals surface area contributed by atoms with Crippen LogP contribution < -0.4 is 4.80 Å². The van der Waals surface area contributed by atoms with Crippen LogP contribution in [0.25, 0.3) is 11.3 Å². The number of phenolic OH excluding ortho intramolecular Hbond substituents is 1. The van der Waals surface area contributed by atoms with Gasteiger partial charge in [-0.2, -0.15) is 0 Å². The Bertz CT molecular complexity index is 1110. The molecular weight excluding hydrogens is 400 g/mol. The maximum atomic E-state index is 11.1. The summed E-state index contributed by atoms with van der Waals surface area (Å²) in [5.74, 6) is 0.402. The zero-order valence-corrected chi connectivity index (χ0v) is 20.6. The summed E-state index contributed by atoms with van der Waals surface area (Å²) in [5.41, 5.74) is 5.92. The topological polar surface area (TPSA) is 37.5 Å². The molecule has 0 bridgehead atoms. The van der Waals surface area contributed by atoms with Crippen LogP contribution in [0.4, 0.5) is 5.69 Å². The van der Waals surface area contributed by atoms with Crippen LogP contribution in [0.2, 0.25) is 0 Å². The highest BCUT2D eigenvalue weighted by molar-refractivity contribution is 7.07. The first-order chi connectivity index (χ1) is 14.4. The van der Waals surface area contributed by atoms with E-state index in [0.29, 0.717) is 12.3 Å². The van der Waals surface area contributed by atoms with Crippen LogP contribution in [0.3, 0.4) is 0 Å². The smallest absolute Gasteiger partial charge is 0.190 e. The van der Waals surface area contributed by atoms with Crippen LogP contribution in [0.5, 0.6) is 5.75 Å². The van der Waals surface area contributed by atoms with Crippen molar-refractivity contribution >= 4 is 17.0 Å². The average molecular weight is 435 g/mol. The third-order valence-corrected chi connectivity index (χ3v) is 6.25. The normalized spacial score (nSPS) is 12.9. The molecule has 3 nitrogen and oxygen atoms in total.